The highest BCUT2D eigenvalue weighted by molar-refractivity contribution is 7.89. The standard InChI is InChI=1S/C14H20N2O4S/c1-10(16-14(17)12-5-3-7-20-9-12)11-4-2-6-13(8-11)21(15,18)19/h2,4,6,8,10,12H,3,5,7,9H2,1H3,(H,16,17)(H2,15,18,19). The summed E-state index contributed by atoms with van der Waals surface area (Å²) in [6.45, 7) is 2.95. The Morgan fingerprint density at radius 2 is 2.24 bits per heavy atom. The van der Waals surface area contributed by atoms with Gasteiger partial charge in [-0.1, -0.05) is 12.1 Å². The van der Waals surface area contributed by atoms with Gasteiger partial charge < -0.3 is 10.1 Å². The molecule has 0 saturated carbocycles. The van der Waals surface area contributed by atoms with Crippen molar-refractivity contribution in [3.63, 3.8) is 0 Å². The second-order valence-corrected chi connectivity index (χ2v) is 6.82. The average Bonchev–Trinajstić information content (AvgIpc) is 2.47. The van der Waals surface area contributed by atoms with Crippen molar-refractivity contribution in [1.29, 1.82) is 0 Å². The molecule has 0 spiro atoms. The van der Waals surface area contributed by atoms with Gasteiger partial charge in [0.05, 0.1) is 23.5 Å². The second kappa shape index (κ2) is 6.55. The van der Waals surface area contributed by atoms with E-state index < -0.39 is 10.0 Å². The fraction of sp³-hybridized carbons (Fsp3) is 0.500. The number of nitrogens with one attached hydrogen (secondary N) is 1. The van der Waals surface area contributed by atoms with Crippen LogP contribution in [0.4, 0.5) is 0 Å². The van der Waals surface area contributed by atoms with Crippen molar-refractivity contribution >= 4 is 15.9 Å². The van der Waals surface area contributed by atoms with E-state index in [1.165, 1.54) is 12.1 Å². The van der Waals surface area contributed by atoms with Crippen LogP contribution >= 0.6 is 0 Å². The SMILES string of the molecule is CC(NC(=O)C1CCCOC1)c1cccc(S(N)(=O)=O)c1. The summed E-state index contributed by atoms with van der Waals surface area (Å²) in [5.41, 5.74) is 0.701. The van der Waals surface area contributed by atoms with Gasteiger partial charge in [0.1, 0.15) is 0 Å². The molecular formula is C14H20N2O4S. The first-order valence-electron chi connectivity index (χ1n) is 6.89. The molecule has 1 aromatic carbocycles. The highest BCUT2D eigenvalue weighted by Crippen LogP contribution is 2.19. The molecule has 0 bridgehead atoms. The summed E-state index contributed by atoms with van der Waals surface area (Å²) in [5, 5.41) is 8.00. The number of carbonyl (C=O) groups excluding carboxylic acids is 1. The highest BCUT2D eigenvalue weighted by atomic mass is 32.2. The molecule has 1 amide bonds. The molecule has 7 heteroatoms. The maximum atomic E-state index is 12.1. The summed E-state index contributed by atoms with van der Waals surface area (Å²) in [5.74, 6) is -0.203. The Kier molecular flexibility index (Phi) is 4.97. The van der Waals surface area contributed by atoms with Crippen LogP contribution in [0.15, 0.2) is 29.2 Å². The molecule has 1 heterocycles. The number of primary sulfonamides is 1. The Morgan fingerprint density at radius 3 is 2.86 bits per heavy atom. The maximum absolute atomic E-state index is 12.1. The number of carbonyl (C=O) groups is 1. The van der Waals surface area contributed by atoms with Crippen molar-refractivity contribution in [3.05, 3.63) is 29.8 Å². The van der Waals surface area contributed by atoms with Gasteiger partial charge in [0, 0.05) is 6.61 Å². The van der Waals surface area contributed by atoms with Gasteiger partial charge in [0.25, 0.3) is 0 Å². The summed E-state index contributed by atoms with van der Waals surface area (Å²) >= 11 is 0. The number of amides is 1. The quantitative estimate of drug-likeness (QED) is 0.864. The van der Waals surface area contributed by atoms with Gasteiger partial charge >= 0.3 is 0 Å². The van der Waals surface area contributed by atoms with E-state index in [9.17, 15) is 13.2 Å². The van der Waals surface area contributed by atoms with E-state index >= 15 is 0 Å². The predicted octanol–water partition coefficient (Wildman–Crippen LogP) is 0.938. The van der Waals surface area contributed by atoms with Crippen LogP contribution in [0, 0.1) is 5.92 Å². The molecule has 21 heavy (non-hydrogen) atoms. The third kappa shape index (κ3) is 4.26. The molecule has 6 nitrogen and oxygen atoms in total. The number of hydrogen-bond donors (Lipinski definition) is 2. The Bertz CT molecular complexity index is 609. The minimum absolute atomic E-state index is 0.0436. The van der Waals surface area contributed by atoms with Crippen LogP contribution in [-0.2, 0) is 19.6 Å². The Labute approximate surface area is 124 Å². The van der Waals surface area contributed by atoms with E-state index in [-0.39, 0.29) is 22.8 Å². The van der Waals surface area contributed by atoms with Gasteiger partial charge in [-0.15, -0.1) is 0 Å². The van der Waals surface area contributed by atoms with Crippen LogP contribution in [0.2, 0.25) is 0 Å². The number of hydrogen-bond acceptors (Lipinski definition) is 4. The summed E-state index contributed by atoms with van der Waals surface area (Å²) in [6.07, 6.45) is 1.70. The fourth-order valence-electron chi connectivity index (χ4n) is 2.32. The van der Waals surface area contributed by atoms with Crippen LogP contribution in [0.25, 0.3) is 0 Å². The number of benzene rings is 1. The second-order valence-electron chi connectivity index (χ2n) is 5.26. The van der Waals surface area contributed by atoms with Crippen molar-refractivity contribution in [2.24, 2.45) is 11.1 Å². The van der Waals surface area contributed by atoms with Crippen molar-refractivity contribution < 1.29 is 17.9 Å². The topological polar surface area (TPSA) is 98.5 Å². The zero-order chi connectivity index (χ0) is 15.5. The van der Waals surface area contributed by atoms with E-state index in [1.54, 1.807) is 12.1 Å². The largest absolute Gasteiger partial charge is 0.381 e. The molecule has 1 saturated heterocycles. The van der Waals surface area contributed by atoms with Crippen LogP contribution in [0.3, 0.4) is 0 Å². The maximum Gasteiger partial charge on any atom is 0.238 e. The zero-order valence-corrected chi connectivity index (χ0v) is 12.7. The van der Waals surface area contributed by atoms with E-state index in [0.29, 0.717) is 18.8 Å². The number of rotatable bonds is 4. The molecule has 3 N–H and O–H groups in total. The third-order valence-corrected chi connectivity index (χ3v) is 4.49. The molecule has 2 unspecified atom stereocenters. The van der Waals surface area contributed by atoms with Gasteiger partial charge in [-0.05, 0) is 37.5 Å². The molecule has 0 aromatic heterocycles. The van der Waals surface area contributed by atoms with E-state index in [1.807, 2.05) is 6.92 Å². The average molecular weight is 312 g/mol. The van der Waals surface area contributed by atoms with Crippen molar-refractivity contribution in [2.45, 2.75) is 30.7 Å². The first-order valence-corrected chi connectivity index (χ1v) is 8.43. The first-order chi connectivity index (χ1) is 9.88. The summed E-state index contributed by atoms with van der Waals surface area (Å²) in [7, 11) is -3.74. The van der Waals surface area contributed by atoms with Gasteiger partial charge in [0.2, 0.25) is 15.9 Å². The summed E-state index contributed by atoms with van der Waals surface area (Å²) < 4.78 is 28.0. The minimum atomic E-state index is -3.74. The lowest BCUT2D eigenvalue weighted by atomic mass is 10.0. The normalized spacial score (nSPS) is 20.8. The van der Waals surface area contributed by atoms with Crippen molar-refractivity contribution in [1.82, 2.24) is 5.32 Å². The highest BCUT2D eigenvalue weighted by Gasteiger charge is 2.23. The molecule has 1 aromatic rings. The monoisotopic (exact) mass is 312 g/mol. The van der Waals surface area contributed by atoms with E-state index in [4.69, 9.17) is 9.88 Å². The zero-order valence-electron chi connectivity index (χ0n) is 11.9. The van der Waals surface area contributed by atoms with Gasteiger partial charge in [-0.2, -0.15) is 0 Å². The van der Waals surface area contributed by atoms with Crippen LogP contribution < -0.4 is 10.5 Å². The van der Waals surface area contributed by atoms with Crippen LogP contribution in [0.5, 0.6) is 0 Å². The van der Waals surface area contributed by atoms with Gasteiger partial charge in [-0.25, -0.2) is 13.6 Å². The molecule has 0 aliphatic carbocycles. The van der Waals surface area contributed by atoms with E-state index in [0.717, 1.165) is 12.8 Å². The molecular weight excluding hydrogens is 292 g/mol. The Balaban J connectivity index is 2.06. The van der Waals surface area contributed by atoms with E-state index in [2.05, 4.69) is 5.32 Å². The number of ether oxygens (including phenoxy) is 1. The molecule has 0 radical (unpaired) electrons. The van der Waals surface area contributed by atoms with Gasteiger partial charge in [-0.3, -0.25) is 4.79 Å². The number of nitrogens with two attached hydrogens (primary N) is 1. The van der Waals surface area contributed by atoms with Crippen LogP contribution in [0.1, 0.15) is 31.4 Å². The molecule has 1 aliphatic heterocycles. The summed E-state index contributed by atoms with van der Waals surface area (Å²) in [6, 6.07) is 6.00. The fourth-order valence-corrected chi connectivity index (χ4v) is 2.89. The lowest BCUT2D eigenvalue weighted by Gasteiger charge is -2.23. The lowest BCUT2D eigenvalue weighted by molar-refractivity contribution is -0.129. The number of sulfonamides is 1. The third-order valence-electron chi connectivity index (χ3n) is 3.58. The van der Waals surface area contributed by atoms with Crippen molar-refractivity contribution in [3.8, 4) is 0 Å². The predicted molar refractivity (Wildman–Crippen MR) is 77.9 cm³/mol. The molecule has 2 rings (SSSR count). The van der Waals surface area contributed by atoms with Gasteiger partial charge in [0.15, 0.2) is 0 Å². The molecule has 116 valence electrons. The Hall–Kier alpha value is -1.44. The van der Waals surface area contributed by atoms with Crippen LogP contribution in [-0.4, -0.2) is 27.5 Å². The smallest absolute Gasteiger partial charge is 0.238 e. The molecule has 1 fully saturated rings. The molecule has 1 aliphatic rings. The minimum Gasteiger partial charge on any atom is -0.381 e. The van der Waals surface area contributed by atoms with Crippen molar-refractivity contribution in [2.75, 3.05) is 13.2 Å². The molecule has 2 atom stereocenters. The first kappa shape index (κ1) is 15.9. The lowest BCUT2D eigenvalue weighted by Crippen LogP contribution is -2.37. The summed E-state index contributed by atoms with van der Waals surface area (Å²) in [4.78, 5) is 12.2. The Morgan fingerprint density at radius 1 is 1.48 bits per heavy atom.